The number of carbonyl (C=O) groups excluding carboxylic acids is 1. The van der Waals surface area contributed by atoms with E-state index in [0.717, 1.165) is 0 Å². The molecule has 1 aliphatic rings. The smallest absolute Gasteiger partial charge is 0.376 e. The molecule has 1 amide bonds. The summed E-state index contributed by atoms with van der Waals surface area (Å²) in [4.78, 5) is 25.1. The molecule has 2 atom stereocenters. The van der Waals surface area contributed by atoms with Crippen LogP contribution in [0.4, 0.5) is 24.7 Å². The highest BCUT2D eigenvalue weighted by molar-refractivity contribution is 6.35. The van der Waals surface area contributed by atoms with Gasteiger partial charge in [0.05, 0.1) is 17.8 Å². The van der Waals surface area contributed by atoms with Crippen molar-refractivity contribution in [1.29, 1.82) is 0 Å². The lowest BCUT2D eigenvalue weighted by atomic mass is 9.93. The van der Waals surface area contributed by atoms with Crippen molar-refractivity contribution < 1.29 is 18.0 Å². The van der Waals surface area contributed by atoms with E-state index in [-0.39, 0.29) is 19.5 Å². The van der Waals surface area contributed by atoms with Gasteiger partial charge in [0.2, 0.25) is 5.91 Å². The Morgan fingerprint density at radius 1 is 1.19 bits per heavy atom. The molecule has 2 aromatic heterocycles. The molecule has 0 radical (unpaired) electrons. The Balaban J connectivity index is 1.48. The predicted octanol–water partition coefficient (Wildman–Crippen LogP) is 4.57. The summed E-state index contributed by atoms with van der Waals surface area (Å²) >= 11 is 11.9. The number of piperidine rings is 1. The van der Waals surface area contributed by atoms with Crippen molar-refractivity contribution in [3.05, 3.63) is 46.8 Å². The lowest BCUT2D eigenvalue weighted by molar-refractivity contribution is -0.188. The van der Waals surface area contributed by atoms with E-state index in [4.69, 9.17) is 23.2 Å². The van der Waals surface area contributed by atoms with Gasteiger partial charge in [-0.25, -0.2) is 9.97 Å². The third kappa shape index (κ3) is 5.18. The number of anilines is 2. The van der Waals surface area contributed by atoms with Crippen molar-refractivity contribution in [1.82, 2.24) is 19.9 Å². The molecule has 1 fully saturated rings. The van der Waals surface area contributed by atoms with E-state index in [0.29, 0.717) is 32.6 Å². The third-order valence-electron chi connectivity index (χ3n) is 5.27. The normalized spacial score (nSPS) is 19.2. The van der Waals surface area contributed by atoms with Crippen LogP contribution in [0.1, 0.15) is 6.42 Å². The summed E-state index contributed by atoms with van der Waals surface area (Å²) in [7, 11) is 0. The van der Waals surface area contributed by atoms with E-state index in [2.05, 4.69) is 25.6 Å². The van der Waals surface area contributed by atoms with Gasteiger partial charge in [0.15, 0.2) is 0 Å². The van der Waals surface area contributed by atoms with Crippen LogP contribution >= 0.6 is 23.2 Å². The maximum absolute atomic E-state index is 13.6. The second-order valence-electron chi connectivity index (χ2n) is 7.59. The van der Waals surface area contributed by atoms with Gasteiger partial charge in [-0.15, -0.1) is 0 Å². The first kappa shape index (κ1) is 22.5. The van der Waals surface area contributed by atoms with Crippen LogP contribution in [-0.2, 0) is 4.79 Å². The van der Waals surface area contributed by atoms with Crippen LogP contribution in [0.3, 0.4) is 0 Å². The zero-order chi connectivity index (χ0) is 22.9. The summed E-state index contributed by atoms with van der Waals surface area (Å²) in [6.07, 6.45) is -1.59. The van der Waals surface area contributed by atoms with Gasteiger partial charge in [-0.2, -0.15) is 13.2 Å². The number of hydrogen-bond donors (Lipinski definition) is 3. The van der Waals surface area contributed by atoms with E-state index >= 15 is 0 Å². The number of carbonyl (C=O) groups is 1. The SMILES string of the molecule is O=C(CNc1cc(Cl)cc(Cl)c1)N1C[C@@H](Nc2ncnc3[nH]ccc23)C[C@@H](C(F)(F)F)C1. The summed E-state index contributed by atoms with van der Waals surface area (Å²) < 4.78 is 40.8. The number of alkyl halides is 3. The summed E-state index contributed by atoms with van der Waals surface area (Å²) in [5.74, 6) is -1.69. The second kappa shape index (κ2) is 9.03. The lowest BCUT2D eigenvalue weighted by Crippen LogP contribution is -2.53. The van der Waals surface area contributed by atoms with Gasteiger partial charge in [0.1, 0.15) is 17.8 Å². The number of halogens is 5. The van der Waals surface area contributed by atoms with Gasteiger partial charge < -0.3 is 20.5 Å². The number of H-pyrrole nitrogens is 1. The van der Waals surface area contributed by atoms with E-state index in [1.165, 1.54) is 11.2 Å². The molecule has 7 nitrogen and oxygen atoms in total. The molecular formula is C20H19Cl2F3N6O. The quantitative estimate of drug-likeness (QED) is 0.491. The highest BCUT2D eigenvalue weighted by atomic mass is 35.5. The van der Waals surface area contributed by atoms with Crippen LogP contribution in [0.15, 0.2) is 36.8 Å². The number of rotatable bonds is 5. The van der Waals surface area contributed by atoms with Crippen molar-refractivity contribution >= 4 is 51.6 Å². The topological polar surface area (TPSA) is 85.9 Å². The molecule has 0 spiro atoms. The average molecular weight is 487 g/mol. The Bertz CT molecular complexity index is 1100. The Hall–Kier alpha value is -2.72. The molecule has 3 N–H and O–H groups in total. The fourth-order valence-corrected chi connectivity index (χ4v) is 4.30. The Morgan fingerprint density at radius 3 is 2.66 bits per heavy atom. The van der Waals surface area contributed by atoms with E-state index in [9.17, 15) is 18.0 Å². The number of amides is 1. The first-order valence-corrected chi connectivity index (χ1v) is 10.5. The van der Waals surface area contributed by atoms with Crippen LogP contribution in [0.25, 0.3) is 11.0 Å². The molecule has 0 unspecified atom stereocenters. The zero-order valence-electron chi connectivity index (χ0n) is 16.6. The molecule has 3 heterocycles. The second-order valence-corrected chi connectivity index (χ2v) is 8.46. The van der Waals surface area contributed by atoms with Crippen molar-refractivity contribution in [2.75, 3.05) is 30.3 Å². The van der Waals surface area contributed by atoms with Crippen molar-refractivity contribution in [3.63, 3.8) is 0 Å². The minimum Gasteiger partial charge on any atom is -0.376 e. The van der Waals surface area contributed by atoms with Crippen LogP contribution in [0, 0.1) is 5.92 Å². The number of nitrogens with one attached hydrogen (secondary N) is 3. The van der Waals surface area contributed by atoms with E-state index in [1.54, 1.807) is 30.5 Å². The van der Waals surface area contributed by atoms with Gasteiger partial charge in [0, 0.05) is 41.1 Å². The highest BCUT2D eigenvalue weighted by Crippen LogP contribution is 2.34. The standard InChI is InChI=1S/C20H19Cl2F3N6O/c21-12-4-13(22)6-14(5-12)27-7-17(32)31-8-11(20(23,24)25)3-15(9-31)30-19-16-1-2-26-18(16)28-10-29-19/h1-2,4-6,10-11,15,27H,3,7-9H2,(H2,26,28,29,30)/t11-,15+/m1/s1. The van der Waals surface area contributed by atoms with E-state index < -0.39 is 30.6 Å². The molecule has 4 rings (SSSR count). The Labute approximate surface area is 191 Å². The summed E-state index contributed by atoms with van der Waals surface area (Å²) in [6.45, 7) is -0.481. The lowest BCUT2D eigenvalue weighted by Gasteiger charge is -2.39. The molecule has 32 heavy (non-hydrogen) atoms. The number of aromatic nitrogens is 3. The van der Waals surface area contributed by atoms with Crippen molar-refractivity contribution in [2.45, 2.75) is 18.6 Å². The maximum Gasteiger partial charge on any atom is 0.393 e. The van der Waals surface area contributed by atoms with Gasteiger partial charge in [-0.3, -0.25) is 4.79 Å². The number of nitrogens with zero attached hydrogens (tertiary/aromatic N) is 3. The fraction of sp³-hybridized carbons (Fsp3) is 0.350. The third-order valence-corrected chi connectivity index (χ3v) is 5.70. The molecule has 0 bridgehead atoms. The van der Waals surface area contributed by atoms with Crippen molar-refractivity contribution in [2.24, 2.45) is 5.92 Å². The molecule has 0 saturated carbocycles. The number of fused-ring (bicyclic) bond motifs is 1. The summed E-state index contributed by atoms with van der Waals surface area (Å²) in [6, 6.07) is 5.81. The maximum atomic E-state index is 13.6. The Kier molecular flexibility index (Phi) is 6.34. The Morgan fingerprint density at radius 2 is 1.94 bits per heavy atom. The number of likely N-dealkylation sites (tertiary alicyclic amines) is 1. The molecule has 0 aliphatic carbocycles. The summed E-state index contributed by atoms with van der Waals surface area (Å²) in [5, 5.41) is 7.37. The monoisotopic (exact) mass is 486 g/mol. The van der Waals surface area contributed by atoms with Gasteiger partial charge in [0.25, 0.3) is 0 Å². The fourth-order valence-electron chi connectivity index (χ4n) is 3.77. The van der Waals surface area contributed by atoms with E-state index in [1.807, 2.05) is 0 Å². The van der Waals surface area contributed by atoms with Crippen LogP contribution < -0.4 is 10.6 Å². The van der Waals surface area contributed by atoms with Crippen LogP contribution in [0.5, 0.6) is 0 Å². The average Bonchev–Trinajstić information content (AvgIpc) is 3.20. The molecule has 170 valence electrons. The minimum atomic E-state index is -4.43. The molecule has 3 aromatic rings. The molecular weight excluding hydrogens is 468 g/mol. The van der Waals surface area contributed by atoms with Gasteiger partial charge >= 0.3 is 6.18 Å². The molecule has 12 heteroatoms. The molecule has 1 saturated heterocycles. The summed E-state index contributed by atoms with van der Waals surface area (Å²) in [5.41, 5.74) is 1.08. The zero-order valence-corrected chi connectivity index (χ0v) is 18.1. The van der Waals surface area contributed by atoms with Crippen LogP contribution in [-0.4, -0.2) is 57.6 Å². The van der Waals surface area contributed by atoms with Crippen LogP contribution in [0.2, 0.25) is 10.0 Å². The number of benzene rings is 1. The first-order valence-electron chi connectivity index (χ1n) is 9.78. The number of hydrogen-bond acceptors (Lipinski definition) is 5. The highest BCUT2D eigenvalue weighted by Gasteiger charge is 2.45. The predicted molar refractivity (Wildman–Crippen MR) is 117 cm³/mol. The van der Waals surface area contributed by atoms with Crippen molar-refractivity contribution in [3.8, 4) is 0 Å². The van der Waals surface area contributed by atoms with Gasteiger partial charge in [-0.1, -0.05) is 23.2 Å². The number of aromatic amines is 1. The minimum absolute atomic E-state index is 0.110. The van der Waals surface area contributed by atoms with Gasteiger partial charge in [-0.05, 0) is 30.7 Å². The largest absolute Gasteiger partial charge is 0.393 e. The molecule has 1 aliphatic heterocycles. The first-order chi connectivity index (χ1) is 15.2. The molecule has 1 aromatic carbocycles.